The molecule has 3 rings (SSSR count). The molecule has 0 bridgehead atoms. The van der Waals surface area contributed by atoms with Crippen LogP contribution >= 0.6 is 11.8 Å². The molecule has 0 radical (unpaired) electrons. The smallest absolute Gasteiger partial charge is 0.277 e. The van der Waals surface area contributed by atoms with Crippen molar-refractivity contribution in [2.24, 2.45) is 0 Å². The Morgan fingerprint density at radius 1 is 1.33 bits per heavy atom. The Balaban J connectivity index is 1.53. The summed E-state index contributed by atoms with van der Waals surface area (Å²) in [6, 6.07) is 7.59. The van der Waals surface area contributed by atoms with Crippen LogP contribution < -0.4 is 4.74 Å². The highest BCUT2D eigenvalue weighted by molar-refractivity contribution is 7.99. The Morgan fingerprint density at radius 3 is 2.79 bits per heavy atom. The van der Waals surface area contributed by atoms with Crippen LogP contribution in [0.1, 0.15) is 24.3 Å². The number of aromatic nitrogens is 2. The first kappa shape index (κ1) is 16.5. The van der Waals surface area contributed by atoms with E-state index in [1.54, 1.807) is 7.11 Å². The van der Waals surface area contributed by atoms with Gasteiger partial charge in [0.1, 0.15) is 5.75 Å². The fourth-order valence-electron chi connectivity index (χ4n) is 2.40. The quantitative estimate of drug-likeness (QED) is 0.738. The molecule has 2 heterocycles. The molecule has 0 saturated carbocycles. The van der Waals surface area contributed by atoms with E-state index in [0.717, 1.165) is 29.5 Å². The Kier molecular flexibility index (Phi) is 5.14. The molecule has 1 aliphatic heterocycles. The van der Waals surface area contributed by atoms with Crippen LogP contribution in [0.2, 0.25) is 0 Å². The molecule has 126 valence electrons. The molecular weight excluding hydrogens is 330 g/mol. The number of hydrogen-bond donors (Lipinski definition) is 0. The van der Waals surface area contributed by atoms with E-state index in [9.17, 15) is 9.59 Å². The highest BCUT2D eigenvalue weighted by Gasteiger charge is 2.26. The molecule has 2 aromatic rings. The van der Waals surface area contributed by atoms with Gasteiger partial charge in [-0.15, -0.1) is 10.2 Å². The maximum absolute atomic E-state index is 12.0. The molecule has 0 N–H and O–H groups in total. The summed E-state index contributed by atoms with van der Waals surface area (Å²) in [5.41, 5.74) is 1.02. The van der Waals surface area contributed by atoms with Crippen molar-refractivity contribution < 1.29 is 18.7 Å². The lowest BCUT2D eigenvalue weighted by molar-refractivity contribution is -0.140. The molecule has 0 spiro atoms. The minimum atomic E-state index is -0.211. The number of hydrogen-bond acceptors (Lipinski definition) is 7. The molecule has 8 heteroatoms. The van der Waals surface area contributed by atoms with E-state index in [1.807, 2.05) is 24.3 Å². The fraction of sp³-hybridized carbons (Fsp3) is 0.375. The summed E-state index contributed by atoms with van der Waals surface area (Å²) in [6.45, 7) is 0.505. The second-order valence-electron chi connectivity index (χ2n) is 5.32. The normalized spacial score (nSPS) is 14.2. The third-order valence-corrected chi connectivity index (χ3v) is 4.46. The van der Waals surface area contributed by atoms with Gasteiger partial charge in [-0.05, 0) is 24.1 Å². The van der Waals surface area contributed by atoms with Gasteiger partial charge >= 0.3 is 0 Å². The Morgan fingerprint density at radius 2 is 2.12 bits per heavy atom. The molecule has 1 aromatic carbocycles. The van der Waals surface area contributed by atoms with Crippen LogP contribution in [0, 0.1) is 0 Å². The number of amides is 2. The number of rotatable bonds is 6. The van der Waals surface area contributed by atoms with E-state index in [-0.39, 0.29) is 17.6 Å². The topological polar surface area (TPSA) is 85.5 Å². The number of carbonyl (C=O) groups excluding carboxylic acids is 2. The van der Waals surface area contributed by atoms with E-state index in [1.165, 1.54) is 4.90 Å². The van der Waals surface area contributed by atoms with Gasteiger partial charge in [0, 0.05) is 13.0 Å². The molecular formula is C16H17N3O4S. The maximum Gasteiger partial charge on any atom is 0.277 e. The third-order valence-electron chi connectivity index (χ3n) is 3.66. The summed E-state index contributed by atoms with van der Waals surface area (Å²) >= 11 is 1.15. The molecule has 7 nitrogen and oxygen atoms in total. The number of imide groups is 1. The lowest BCUT2D eigenvalue weighted by Gasteiger charge is -2.11. The molecule has 0 atom stereocenters. The minimum absolute atomic E-state index is 0.105. The van der Waals surface area contributed by atoms with Crippen LogP contribution in [0.5, 0.6) is 5.75 Å². The molecule has 24 heavy (non-hydrogen) atoms. The molecule has 1 fully saturated rings. The number of likely N-dealkylation sites (tertiary alicyclic amines) is 1. The first-order valence-electron chi connectivity index (χ1n) is 7.57. The Hall–Kier alpha value is -2.35. The predicted octanol–water partition coefficient (Wildman–Crippen LogP) is 1.91. The van der Waals surface area contributed by atoms with Gasteiger partial charge < -0.3 is 9.15 Å². The van der Waals surface area contributed by atoms with Crippen molar-refractivity contribution in [2.75, 3.05) is 19.4 Å². The van der Waals surface area contributed by atoms with Crippen molar-refractivity contribution in [3.8, 4) is 5.75 Å². The van der Waals surface area contributed by atoms with E-state index in [2.05, 4.69) is 10.2 Å². The second kappa shape index (κ2) is 7.48. The maximum atomic E-state index is 12.0. The molecule has 1 saturated heterocycles. The van der Waals surface area contributed by atoms with Crippen molar-refractivity contribution in [3.05, 3.63) is 35.7 Å². The Labute approximate surface area is 143 Å². The van der Waals surface area contributed by atoms with Crippen LogP contribution in [0.4, 0.5) is 0 Å². The first-order valence-corrected chi connectivity index (χ1v) is 8.55. The van der Waals surface area contributed by atoms with Gasteiger partial charge in [-0.3, -0.25) is 14.5 Å². The lowest BCUT2D eigenvalue weighted by Crippen LogP contribution is -2.33. The van der Waals surface area contributed by atoms with Crippen LogP contribution in [-0.4, -0.2) is 46.3 Å². The van der Waals surface area contributed by atoms with Gasteiger partial charge in [-0.2, -0.15) is 0 Å². The third kappa shape index (κ3) is 3.94. The summed E-state index contributed by atoms with van der Waals surface area (Å²) in [7, 11) is 1.62. The van der Waals surface area contributed by atoms with Crippen molar-refractivity contribution in [3.63, 3.8) is 0 Å². The highest BCUT2D eigenvalue weighted by Crippen LogP contribution is 2.20. The molecule has 0 unspecified atom stereocenters. The number of nitrogens with zero attached hydrogens (tertiary/aromatic N) is 3. The number of ether oxygens (including phenoxy) is 1. The van der Waals surface area contributed by atoms with Crippen LogP contribution in [0.15, 0.2) is 33.9 Å². The first-order chi connectivity index (χ1) is 11.7. The average Bonchev–Trinajstić information content (AvgIpc) is 3.22. The second-order valence-corrected chi connectivity index (χ2v) is 6.24. The van der Waals surface area contributed by atoms with Gasteiger partial charge in [0.15, 0.2) is 0 Å². The van der Waals surface area contributed by atoms with Gasteiger partial charge in [0.05, 0.1) is 19.3 Å². The summed E-state index contributed by atoms with van der Waals surface area (Å²) < 4.78 is 10.7. The van der Waals surface area contributed by atoms with Gasteiger partial charge in [-0.25, -0.2) is 0 Å². The van der Waals surface area contributed by atoms with E-state index in [0.29, 0.717) is 30.5 Å². The van der Waals surface area contributed by atoms with E-state index < -0.39 is 0 Å². The number of thioether (sulfide) groups is 1. The summed E-state index contributed by atoms with van der Waals surface area (Å²) in [6.07, 6.45) is 1.70. The fourth-order valence-corrected chi connectivity index (χ4v) is 3.06. The van der Waals surface area contributed by atoms with Gasteiger partial charge in [-0.1, -0.05) is 23.9 Å². The molecule has 2 amide bonds. The van der Waals surface area contributed by atoms with Crippen LogP contribution in [-0.2, 0) is 16.0 Å². The van der Waals surface area contributed by atoms with Crippen LogP contribution in [0.25, 0.3) is 0 Å². The zero-order chi connectivity index (χ0) is 16.9. The monoisotopic (exact) mass is 347 g/mol. The number of benzene rings is 1. The Bertz CT molecular complexity index is 729. The van der Waals surface area contributed by atoms with Crippen LogP contribution in [0.3, 0.4) is 0 Å². The summed E-state index contributed by atoms with van der Waals surface area (Å²) in [5, 5.41) is 8.25. The average molecular weight is 347 g/mol. The minimum Gasteiger partial charge on any atom is -0.497 e. The standard InChI is InChI=1S/C16H17N3O4S/c1-22-12-6-4-11(5-7-12)9-13-17-18-16(23-13)24-10-15(21)19-8-2-3-14(19)20/h4-7H,2-3,8-10H2,1H3. The zero-order valence-electron chi connectivity index (χ0n) is 13.2. The largest absolute Gasteiger partial charge is 0.497 e. The summed E-state index contributed by atoms with van der Waals surface area (Å²) in [5.74, 6) is 1.07. The highest BCUT2D eigenvalue weighted by atomic mass is 32.2. The van der Waals surface area contributed by atoms with Crippen molar-refractivity contribution in [1.29, 1.82) is 0 Å². The zero-order valence-corrected chi connectivity index (χ0v) is 14.0. The van der Waals surface area contributed by atoms with Crippen molar-refractivity contribution in [1.82, 2.24) is 15.1 Å². The van der Waals surface area contributed by atoms with Gasteiger partial charge in [0.25, 0.3) is 5.22 Å². The number of methoxy groups -OCH3 is 1. The van der Waals surface area contributed by atoms with E-state index in [4.69, 9.17) is 9.15 Å². The predicted molar refractivity (Wildman–Crippen MR) is 86.8 cm³/mol. The number of carbonyl (C=O) groups is 2. The molecule has 1 aliphatic rings. The van der Waals surface area contributed by atoms with E-state index >= 15 is 0 Å². The summed E-state index contributed by atoms with van der Waals surface area (Å²) in [4.78, 5) is 24.8. The SMILES string of the molecule is COc1ccc(Cc2nnc(SCC(=O)N3CCCC3=O)o2)cc1. The van der Waals surface area contributed by atoms with Crippen molar-refractivity contribution in [2.45, 2.75) is 24.5 Å². The molecule has 1 aromatic heterocycles. The van der Waals surface area contributed by atoms with Gasteiger partial charge in [0.2, 0.25) is 17.7 Å². The lowest BCUT2D eigenvalue weighted by atomic mass is 10.1. The van der Waals surface area contributed by atoms with Crippen molar-refractivity contribution >= 4 is 23.6 Å². The molecule has 0 aliphatic carbocycles.